The van der Waals surface area contributed by atoms with E-state index in [0.717, 1.165) is 64.2 Å². The van der Waals surface area contributed by atoms with Gasteiger partial charge in [-0.15, -0.1) is 4.33 Å². The first-order valence-corrected chi connectivity index (χ1v) is 25.0. The van der Waals surface area contributed by atoms with Gasteiger partial charge in [-0.25, -0.2) is 5.26 Å². The van der Waals surface area contributed by atoms with Crippen LogP contribution < -0.4 is 5.32 Å². The highest BCUT2D eigenvalue weighted by atomic mass is 32.2. The van der Waals surface area contributed by atoms with Crippen molar-refractivity contribution in [2.75, 3.05) is 13.2 Å². The lowest BCUT2D eigenvalue weighted by Crippen LogP contribution is -2.60. The molecule has 5 unspecified atom stereocenters. The van der Waals surface area contributed by atoms with Crippen LogP contribution in [0.5, 0.6) is 0 Å². The minimum absolute atomic E-state index is 0.169. The first-order valence-electron chi connectivity index (χ1n) is 24.4. The van der Waals surface area contributed by atoms with Crippen LogP contribution in [0.3, 0.4) is 0 Å². The van der Waals surface area contributed by atoms with E-state index in [-0.39, 0.29) is 24.8 Å². The molecule has 13 heteroatoms. The van der Waals surface area contributed by atoms with E-state index in [1.54, 1.807) is 6.08 Å². The summed E-state index contributed by atoms with van der Waals surface area (Å²) in [4.78, 5) is 13.1. The minimum Gasteiger partial charge on any atom is -0.394 e. The number of aliphatic hydroxyl groups is 4. The van der Waals surface area contributed by atoms with Crippen molar-refractivity contribution in [1.82, 2.24) is 5.32 Å². The largest absolute Gasteiger partial charge is 0.394 e. The molecule has 0 radical (unpaired) electrons. The molecule has 61 heavy (non-hydrogen) atoms. The van der Waals surface area contributed by atoms with E-state index in [4.69, 9.17) is 18.9 Å². The van der Waals surface area contributed by atoms with Gasteiger partial charge in [-0.3, -0.25) is 8.98 Å². The molecule has 1 saturated heterocycles. The van der Waals surface area contributed by atoms with Gasteiger partial charge in [0.2, 0.25) is 5.91 Å². The van der Waals surface area contributed by atoms with Crippen molar-refractivity contribution in [1.29, 1.82) is 0 Å². The Labute approximate surface area is 374 Å². The number of ether oxygens (including phenoxy) is 2. The number of aliphatic hydroxyl groups excluding tert-OH is 4. The van der Waals surface area contributed by atoms with E-state index in [1.165, 1.54) is 122 Å². The van der Waals surface area contributed by atoms with Crippen molar-refractivity contribution in [2.24, 2.45) is 0 Å². The van der Waals surface area contributed by atoms with Gasteiger partial charge in [0.15, 0.2) is 18.6 Å². The molecular formula is C48H89NO11S. The zero-order chi connectivity index (χ0) is 44.4. The number of unbranched alkanes of at least 4 members (excludes halogenated alkanes) is 25. The van der Waals surface area contributed by atoms with Gasteiger partial charge in [-0.1, -0.05) is 190 Å². The average molecular weight is 888 g/mol. The number of hydrogen-bond donors (Lipinski definition) is 6. The first-order chi connectivity index (χ1) is 29.9. The maximum Gasteiger partial charge on any atom is 0.220 e. The highest BCUT2D eigenvalue weighted by molar-refractivity contribution is 7.89. The number of allylic oxidation sites excluding steroid dienone is 5. The maximum absolute atomic E-state index is 13.1. The summed E-state index contributed by atoms with van der Waals surface area (Å²) in [5.74, 6) is -0.212. The molecule has 7 atom stereocenters. The number of carbonyl (C=O) groups excluding carboxylic acids is 1. The molecule has 0 bridgehead atoms. The van der Waals surface area contributed by atoms with Crippen LogP contribution in [0, 0.1) is 0 Å². The number of amides is 1. The van der Waals surface area contributed by atoms with Gasteiger partial charge >= 0.3 is 0 Å². The Balaban J connectivity index is 2.45. The van der Waals surface area contributed by atoms with E-state index in [9.17, 15) is 25.2 Å². The van der Waals surface area contributed by atoms with Gasteiger partial charge in [-0.05, 0) is 51.4 Å². The topological polar surface area (TPSA) is 176 Å². The Bertz CT molecular complexity index is 1070. The molecule has 6 N–H and O–H groups in total. The summed E-state index contributed by atoms with van der Waals surface area (Å²) in [7, 11) is 0. The molecule has 1 fully saturated rings. The Kier molecular flexibility index (Phi) is 40.2. The monoisotopic (exact) mass is 888 g/mol. The van der Waals surface area contributed by atoms with Gasteiger partial charge in [0.05, 0.1) is 25.4 Å². The Morgan fingerprint density at radius 2 is 1.15 bits per heavy atom. The van der Waals surface area contributed by atoms with Gasteiger partial charge in [-0.2, -0.15) is 0 Å². The maximum atomic E-state index is 13.1. The van der Waals surface area contributed by atoms with E-state index in [0.29, 0.717) is 6.42 Å². The molecule has 0 spiro atoms. The number of rotatable bonds is 43. The van der Waals surface area contributed by atoms with Gasteiger partial charge < -0.3 is 35.2 Å². The quantitative estimate of drug-likeness (QED) is 0.0112. The highest BCUT2D eigenvalue weighted by Gasteiger charge is 2.46. The smallest absolute Gasteiger partial charge is 0.220 e. The van der Waals surface area contributed by atoms with Crippen molar-refractivity contribution >= 4 is 18.2 Å². The molecule has 1 amide bonds. The van der Waals surface area contributed by atoms with Crippen LogP contribution in [0.15, 0.2) is 36.5 Å². The van der Waals surface area contributed by atoms with Gasteiger partial charge in [0.25, 0.3) is 0 Å². The molecule has 0 aromatic heterocycles. The lowest BCUT2D eigenvalue weighted by atomic mass is 9.99. The lowest BCUT2D eigenvalue weighted by molar-refractivity contribution is -0.435. The second-order valence-electron chi connectivity index (χ2n) is 16.8. The van der Waals surface area contributed by atoms with Crippen LogP contribution in [0.25, 0.3) is 0 Å². The van der Waals surface area contributed by atoms with Gasteiger partial charge in [0.1, 0.15) is 24.4 Å². The molecule has 12 nitrogen and oxygen atoms in total. The zero-order valence-electron chi connectivity index (χ0n) is 38.2. The number of nitrogens with one attached hydrogen (secondary N) is 1. The van der Waals surface area contributed by atoms with Crippen LogP contribution in [-0.4, -0.2) is 87.7 Å². The van der Waals surface area contributed by atoms with Crippen LogP contribution in [-0.2, 0) is 27.8 Å². The van der Waals surface area contributed by atoms with Crippen LogP contribution in [0.4, 0.5) is 0 Å². The van der Waals surface area contributed by atoms with E-state index < -0.39 is 49.5 Å². The molecule has 1 aliphatic heterocycles. The Morgan fingerprint density at radius 3 is 1.64 bits per heavy atom. The third-order valence-electron chi connectivity index (χ3n) is 11.4. The zero-order valence-corrected chi connectivity index (χ0v) is 39.0. The summed E-state index contributed by atoms with van der Waals surface area (Å²) in [5.41, 5.74) is 0. The van der Waals surface area contributed by atoms with Crippen molar-refractivity contribution in [3.63, 3.8) is 0 Å². The summed E-state index contributed by atoms with van der Waals surface area (Å²) in [6.07, 6.45) is 40.1. The molecule has 0 aliphatic carbocycles. The van der Waals surface area contributed by atoms with Crippen LogP contribution >= 0.6 is 12.3 Å². The second kappa shape index (κ2) is 42.6. The normalized spacial score (nSPS) is 20.7. The van der Waals surface area contributed by atoms with E-state index in [2.05, 4.69) is 52.8 Å². The summed E-state index contributed by atoms with van der Waals surface area (Å²) >= 11 is 0.169. The van der Waals surface area contributed by atoms with Gasteiger partial charge in [0, 0.05) is 6.42 Å². The Morgan fingerprint density at radius 1 is 0.672 bits per heavy atom. The third kappa shape index (κ3) is 32.0. The summed E-state index contributed by atoms with van der Waals surface area (Å²) in [6, 6.07) is -0.852. The van der Waals surface area contributed by atoms with Crippen molar-refractivity contribution < 1.29 is 53.5 Å². The predicted molar refractivity (Wildman–Crippen MR) is 246 cm³/mol. The molecule has 0 aromatic rings. The summed E-state index contributed by atoms with van der Waals surface area (Å²) < 4.78 is 20.8. The molecule has 358 valence electrons. The standard InChI is InChI=1S/C48H89NO11S/c1-3-5-7-9-11-13-15-17-18-19-20-21-22-23-24-26-28-30-32-34-36-38-44(52)49-41(42(51)37-35-33-31-29-27-25-16-14-12-10-8-6-4-2)40-56-48-46(54)47(58-61-60-59-55)45(53)43(39-50)57-48/h19-20,22-23,35,37,41-43,45-48,50-51,53-55H,3-18,21,24-34,36,38-40H2,1-2H3,(H,49,52)/b20-19-,23-22-,37-35+/t41-,42+,43?,45?,46?,47?,48?/m0/s1. The predicted octanol–water partition coefficient (Wildman–Crippen LogP) is 11.1. The van der Waals surface area contributed by atoms with Crippen molar-refractivity contribution in [3.05, 3.63) is 36.5 Å². The Hall–Kier alpha value is -1.36. The van der Waals surface area contributed by atoms with Crippen molar-refractivity contribution in [2.45, 2.75) is 249 Å². The average Bonchev–Trinajstić information content (AvgIpc) is 3.26. The lowest BCUT2D eigenvalue weighted by Gasteiger charge is -2.41. The summed E-state index contributed by atoms with van der Waals surface area (Å²) in [6.45, 7) is 3.67. The molecular weight excluding hydrogens is 799 g/mol. The number of carbonyl (C=O) groups is 1. The molecule has 1 heterocycles. The minimum atomic E-state index is -1.55. The fraction of sp³-hybridized carbons (Fsp3) is 0.854. The first kappa shape index (κ1) is 57.7. The van der Waals surface area contributed by atoms with Crippen LogP contribution in [0.2, 0.25) is 0 Å². The molecule has 0 aromatic carbocycles. The van der Waals surface area contributed by atoms with Crippen molar-refractivity contribution in [3.8, 4) is 0 Å². The molecule has 1 rings (SSSR count). The van der Waals surface area contributed by atoms with Crippen LogP contribution in [0.1, 0.15) is 206 Å². The summed E-state index contributed by atoms with van der Waals surface area (Å²) in [5, 5.41) is 57.1. The highest BCUT2D eigenvalue weighted by Crippen LogP contribution is 2.28. The molecule has 1 aliphatic rings. The van der Waals surface area contributed by atoms with E-state index in [1.807, 2.05) is 6.08 Å². The van der Waals surface area contributed by atoms with E-state index >= 15 is 0 Å². The second-order valence-corrected chi connectivity index (χ2v) is 17.3. The number of hydrogen-bond acceptors (Lipinski definition) is 12. The third-order valence-corrected chi connectivity index (χ3v) is 11.8. The SMILES string of the molecule is CCCCCCCCCC/C=C\C/C=C\CCCCCCCCC(=O)N[C@@H](COC1OC(CO)C(O)C(OSOOO)C1O)[C@H](O)/C=C/CCCCCCCCCCCCC. The molecule has 0 saturated carbocycles. The fourth-order valence-electron chi connectivity index (χ4n) is 7.54. The fourth-order valence-corrected chi connectivity index (χ4v) is 7.91.